The molecule has 180 valence electrons. The van der Waals surface area contributed by atoms with Gasteiger partial charge in [0, 0.05) is 24.8 Å². The highest BCUT2D eigenvalue weighted by molar-refractivity contribution is 7.93. The number of nitrogens with zero attached hydrogens (tertiary/aromatic N) is 2. The molecule has 1 aromatic heterocycles. The molecule has 0 saturated heterocycles. The van der Waals surface area contributed by atoms with Crippen LogP contribution in [0.25, 0.3) is 0 Å². The zero-order valence-corrected chi connectivity index (χ0v) is 19.8. The predicted molar refractivity (Wildman–Crippen MR) is 119 cm³/mol. The van der Waals surface area contributed by atoms with Crippen molar-refractivity contribution in [1.82, 2.24) is 15.3 Å². The van der Waals surface area contributed by atoms with Crippen molar-refractivity contribution in [2.24, 2.45) is 0 Å². The van der Waals surface area contributed by atoms with Gasteiger partial charge in [-0.1, -0.05) is 18.2 Å². The second kappa shape index (κ2) is 10.3. The summed E-state index contributed by atoms with van der Waals surface area (Å²) in [6, 6.07) is 7.37. The van der Waals surface area contributed by atoms with E-state index in [0.717, 1.165) is 17.9 Å². The quantitative estimate of drug-likeness (QED) is 0.577. The van der Waals surface area contributed by atoms with E-state index in [1.54, 1.807) is 51.1 Å². The highest BCUT2D eigenvalue weighted by Gasteiger charge is 2.31. The lowest BCUT2D eigenvalue weighted by Crippen LogP contribution is -2.39. The van der Waals surface area contributed by atoms with E-state index >= 15 is 0 Å². The molecular formula is C22H27F2N3O5S. The van der Waals surface area contributed by atoms with Crippen LogP contribution in [0.1, 0.15) is 43.9 Å². The number of aromatic nitrogens is 2. The molecule has 2 rings (SSSR count). The van der Waals surface area contributed by atoms with Gasteiger partial charge in [-0.05, 0) is 39.0 Å². The Kier molecular flexibility index (Phi) is 8.25. The van der Waals surface area contributed by atoms with E-state index in [-0.39, 0.29) is 23.8 Å². The Morgan fingerprint density at radius 1 is 1.18 bits per heavy atom. The van der Waals surface area contributed by atoms with Gasteiger partial charge in [0.1, 0.15) is 11.3 Å². The molecule has 0 unspecified atom stereocenters. The van der Waals surface area contributed by atoms with Gasteiger partial charge in [0.05, 0.1) is 18.2 Å². The molecule has 11 heteroatoms. The molecule has 0 aliphatic rings. The smallest absolute Gasteiger partial charge is 0.303 e. The zero-order valence-electron chi connectivity index (χ0n) is 19.0. The molecule has 0 spiro atoms. The normalized spacial score (nSPS) is 13.7. The van der Waals surface area contributed by atoms with Gasteiger partial charge in [-0.2, -0.15) is 13.8 Å². The summed E-state index contributed by atoms with van der Waals surface area (Å²) in [4.78, 5) is 20.3. The first-order valence-corrected chi connectivity index (χ1v) is 11.9. The van der Waals surface area contributed by atoms with Crippen LogP contribution in [-0.4, -0.2) is 48.8 Å². The van der Waals surface area contributed by atoms with Gasteiger partial charge in [-0.25, -0.2) is 13.4 Å². The Bertz CT molecular complexity index is 1100. The SMILES string of the molecule is CC(C)(C)OC[C@@H](/C=C/S(C)(=O)=O)NC(=O)c1cnc(C(C)(F)F)nc1Oc1ccccc1. The van der Waals surface area contributed by atoms with Crippen LogP contribution in [0.15, 0.2) is 48.0 Å². The summed E-state index contributed by atoms with van der Waals surface area (Å²) in [5.41, 5.74) is -0.763. The first-order valence-electron chi connectivity index (χ1n) is 9.95. The average molecular weight is 484 g/mol. The highest BCUT2D eigenvalue weighted by atomic mass is 32.2. The fraction of sp³-hybridized carbons (Fsp3) is 0.409. The predicted octanol–water partition coefficient (Wildman–Crippen LogP) is 3.85. The van der Waals surface area contributed by atoms with Crippen LogP contribution in [0.5, 0.6) is 11.6 Å². The van der Waals surface area contributed by atoms with Gasteiger partial charge in [0.15, 0.2) is 9.84 Å². The Labute approximate surface area is 192 Å². The van der Waals surface area contributed by atoms with E-state index in [2.05, 4.69) is 15.3 Å². The van der Waals surface area contributed by atoms with Crippen molar-refractivity contribution in [3.63, 3.8) is 0 Å². The van der Waals surface area contributed by atoms with Crippen molar-refractivity contribution in [2.75, 3.05) is 12.9 Å². The molecule has 0 saturated carbocycles. The number of rotatable bonds is 9. The topological polar surface area (TPSA) is 107 Å². The zero-order chi connectivity index (χ0) is 24.9. The van der Waals surface area contributed by atoms with Crippen LogP contribution in [0.2, 0.25) is 0 Å². The number of halogens is 2. The number of carbonyl (C=O) groups is 1. The van der Waals surface area contributed by atoms with Crippen LogP contribution < -0.4 is 10.1 Å². The third-order valence-corrected chi connectivity index (χ3v) is 4.57. The van der Waals surface area contributed by atoms with Crippen LogP contribution >= 0.6 is 0 Å². The maximum absolute atomic E-state index is 13.8. The molecule has 0 radical (unpaired) electrons. The monoisotopic (exact) mass is 483 g/mol. The summed E-state index contributed by atoms with van der Waals surface area (Å²) < 4.78 is 61.9. The summed E-state index contributed by atoms with van der Waals surface area (Å²) >= 11 is 0. The first kappa shape index (κ1) is 26.3. The molecular weight excluding hydrogens is 456 g/mol. The van der Waals surface area contributed by atoms with E-state index in [1.807, 2.05) is 0 Å². The molecule has 0 fully saturated rings. The number of amides is 1. The Morgan fingerprint density at radius 3 is 2.36 bits per heavy atom. The van der Waals surface area contributed by atoms with Gasteiger partial charge in [0.2, 0.25) is 11.7 Å². The van der Waals surface area contributed by atoms with Gasteiger partial charge in [-0.3, -0.25) is 4.79 Å². The summed E-state index contributed by atoms with van der Waals surface area (Å²) in [6.07, 6.45) is 3.22. The van der Waals surface area contributed by atoms with Crippen molar-refractivity contribution < 1.29 is 31.5 Å². The summed E-state index contributed by atoms with van der Waals surface area (Å²) in [5, 5.41) is 3.55. The van der Waals surface area contributed by atoms with Crippen LogP contribution in [-0.2, 0) is 20.5 Å². The Morgan fingerprint density at radius 2 is 1.82 bits per heavy atom. The van der Waals surface area contributed by atoms with Crippen LogP contribution in [0.4, 0.5) is 8.78 Å². The van der Waals surface area contributed by atoms with Crippen molar-refractivity contribution >= 4 is 15.7 Å². The lowest BCUT2D eigenvalue weighted by molar-refractivity contribution is -0.00860. The lowest BCUT2D eigenvalue weighted by Gasteiger charge is -2.24. The molecule has 33 heavy (non-hydrogen) atoms. The minimum atomic E-state index is -3.46. The third kappa shape index (κ3) is 9.22. The van der Waals surface area contributed by atoms with E-state index in [9.17, 15) is 22.0 Å². The number of hydrogen-bond acceptors (Lipinski definition) is 7. The number of alkyl halides is 2. The fourth-order valence-electron chi connectivity index (χ4n) is 2.38. The third-order valence-electron chi connectivity index (χ3n) is 3.92. The van der Waals surface area contributed by atoms with Gasteiger partial charge in [0.25, 0.3) is 5.91 Å². The summed E-state index contributed by atoms with van der Waals surface area (Å²) in [7, 11) is -3.46. The number of sulfone groups is 1. The van der Waals surface area contributed by atoms with Crippen molar-refractivity contribution in [3.8, 4) is 11.6 Å². The Hall–Kier alpha value is -2.92. The fourth-order valence-corrected chi connectivity index (χ4v) is 2.86. The molecule has 1 N–H and O–H groups in total. The summed E-state index contributed by atoms with van der Waals surface area (Å²) in [5.74, 6) is -5.01. The molecule has 0 aliphatic carbocycles. The van der Waals surface area contributed by atoms with E-state index in [0.29, 0.717) is 6.92 Å². The number of benzene rings is 1. The van der Waals surface area contributed by atoms with Crippen LogP contribution in [0.3, 0.4) is 0 Å². The molecule has 1 amide bonds. The van der Waals surface area contributed by atoms with Crippen molar-refractivity contribution in [2.45, 2.75) is 45.3 Å². The number of para-hydroxylation sites is 1. The molecule has 0 aliphatic heterocycles. The van der Waals surface area contributed by atoms with Gasteiger partial charge >= 0.3 is 5.92 Å². The lowest BCUT2D eigenvalue weighted by atomic mass is 10.2. The first-order chi connectivity index (χ1) is 15.1. The van der Waals surface area contributed by atoms with Crippen molar-refractivity contribution in [1.29, 1.82) is 0 Å². The number of carbonyl (C=O) groups excluding carboxylic acids is 1. The maximum atomic E-state index is 13.8. The molecule has 2 aromatic rings. The molecule has 0 bridgehead atoms. The average Bonchev–Trinajstić information content (AvgIpc) is 2.68. The van der Waals surface area contributed by atoms with Crippen LogP contribution in [0, 0.1) is 0 Å². The molecule has 1 atom stereocenters. The number of nitrogens with one attached hydrogen (secondary N) is 1. The molecule has 1 heterocycles. The maximum Gasteiger partial charge on any atom is 0.303 e. The largest absolute Gasteiger partial charge is 0.438 e. The van der Waals surface area contributed by atoms with E-state index < -0.39 is 39.1 Å². The highest BCUT2D eigenvalue weighted by Crippen LogP contribution is 2.29. The second-order valence-corrected chi connectivity index (χ2v) is 10.3. The second-order valence-electron chi connectivity index (χ2n) is 8.38. The summed E-state index contributed by atoms with van der Waals surface area (Å²) in [6.45, 7) is 5.99. The Balaban J connectivity index is 2.38. The van der Waals surface area contributed by atoms with Gasteiger partial charge < -0.3 is 14.8 Å². The van der Waals surface area contributed by atoms with Gasteiger partial charge in [-0.15, -0.1) is 0 Å². The standard InChI is InChI=1S/C22H27F2N3O5S/c1-21(2,3)31-14-15(11-12-33(5,29)30)26-18(28)17-13-25-20(22(4,23)24)27-19(17)32-16-9-7-6-8-10-16/h6-13,15H,14H2,1-5H3,(H,26,28)/b12-11+/t15-/m1/s1. The molecule has 1 aromatic carbocycles. The minimum absolute atomic E-state index is 0.0396. The number of ether oxygens (including phenoxy) is 2. The van der Waals surface area contributed by atoms with E-state index in [4.69, 9.17) is 9.47 Å². The van der Waals surface area contributed by atoms with E-state index in [1.165, 1.54) is 6.08 Å². The van der Waals surface area contributed by atoms with Crippen molar-refractivity contribution in [3.05, 3.63) is 59.4 Å². The minimum Gasteiger partial charge on any atom is -0.438 e. The molecule has 8 nitrogen and oxygen atoms in total. The number of hydrogen-bond donors (Lipinski definition) is 1.